The largest absolute Gasteiger partial charge is 3.00 e. The summed E-state index contributed by atoms with van der Waals surface area (Å²) in [7, 11) is 0. The summed E-state index contributed by atoms with van der Waals surface area (Å²) < 4.78 is 0. The van der Waals surface area contributed by atoms with Gasteiger partial charge in [-0.25, -0.2) is 10.9 Å². The third-order valence-corrected chi connectivity index (χ3v) is 6.11. The molecule has 0 bridgehead atoms. The van der Waals surface area contributed by atoms with Crippen molar-refractivity contribution in [3.8, 4) is 23.0 Å². The van der Waals surface area contributed by atoms with Crippen molar-refractivity contribution in [1.82, 2.24) is 10.9 Å². The summed E-state index contributed by atoms with van der Waals surface area (Å²) in [5.41, 5.74) is 4.83. The number of halogens is 4. The topological polar surface area (TPSA) is 169 Å². The average Bonchev–Trinajstić information content (AvgIpc) is 2.94. The van der Waals surface area contributed by atoms with Crippen LogP contribution >= 0.6 is 46.4 Å². The number of benzene rings is 4. The Kier molecular flexibility index (Phi) is 13.6. The fourth-order valence-corrected chi connectivity index (χ4v) is 4.14. The molecule has 0 unspecified atom stereocenters. The number of phenols is 2. The molecule has 2 amide bonds. The summed E-state index contributed by atoms with van der Waals surface area (Å²) >= 11 is 22.9. The van der Waals surface area contributed by atoms with E-state index in [1.807, 2.05) is 0 Å². The summed E-state index contributed by atoms with van der Waals surface area (Å²) in [4.78, 5) is 23.5. The maximum atomic E-state index is 11.8. The Morgan fingerprint density at radius 2 is 1.00 bits per heavy atom. The first-order valence-corrected chi connectivity index (χ1v) is 13.0. The molecule has 4 rings (SSSR count). The number of phenolic OH excluding ortho intramolecular Hbond substituents is 2. The van der Waals surface area contributed by atoms with Crippen LogP contribution in [-0.4, -0.2) is 34.5 Å². The van der Waals surface area contributed by atoms with Crippen LogP contribution in [0.25, 0.3) is 0 Å². The molecule has 0 saturated carbocycles. The summed E-state index contributed by atoms with van der Waals surface area (Å²) in [6.45, 7) is 0. The number of hydrazone groups is 2. The number of nitrogens with one attached hydrogen (secondary N) is 2. The third-order valence-electron chi connectivity index (χ3n) is 5.11. The maximum Gasteiger partial charge on any atom is 3.00 e. The molecule has 4 aromatic rings. The molecule has 0 saturated heterocycles. The van der Waals surface area contributed by atoms with E-state index >= 15 is 0 Å². The molecular formula is C28H18Cl4FeN4O6+. The maximum absolute atomic E-state index is 11.8. The minimum atomic E-state index is -0.607. The number of hydrogen-bond acceptors (Lipinski definition) is 8. The van der Waals surface area contributed by atoms with E-state index in [-0.39, 0.29) is 70.9 Å². The number of rotatable bonds is 6. The number of carbonyl (C=O) groups is 2. The molecule has 1 radical (unpaired) electrons. The first-order valence-electron chi connectivity index (χ1n) is 11.5. The molecule has 221 valence electrons. The Morgan fingerprint density at radius 3 is 1.35 bits per heavy atom. The molecule has 0 aromatic heterocycles. The van der Waals surface area contributed by atoms with E-state index in [4.69, 9.17) is 46.4 Å². The Morgan fingerprint density at radius 1 is 0.651 bits per heavy atom. The van der Waals surface area contributed by atoms with Crippen molar-refractivity contribution >= 4 is 70.6 Å². The molecule has 0 spiro atoms. The first-order chi connectivity index (χ1) is 20.0. The minimum Gasteiger partial charge on any atom is -0.871 e. The van der Waals surface area contributed by atoms with Gasteiger partial charge in [-0.15, -0.1) is 0 Å². The molecule has 10 nitrogen and oxygen atoms in total. The standard InChI is InChI=1S/2C14H10Cl2N2O3.Fe/c2*15-9-5-8(13(20)11(16)6-9)7-17-18-14(21)10-3-1-2-4-12(10)19;/h2*1-7,19-20H,(H,18,21);/q;;+3/p-2. The van der Waals surface area contributed by atoms with Crippen LogP contribution in [0, 0.1) is 0 Å². The van der Waals surface area contributed by atoms with E-state index in [0.717, 1.165) is 12.4 Å². The van der Waals surface area contributed by atoms with Gasteiger partial charge in [0.1, 0.15) is 11.5 Å². The van der Waals surface area contributed by atoms with Gasteiger partial charge in [0.05, 0.1) is 23.6 Å². The van der Waals surface area contributed by atoms with Gasteiger partial charge in [-0.3, -0.25) is 9.59 Å². The third kappa shape index (κ3) is 10.1. The van der Waals surface area contributed by atoms with Gasteiger partial charge in [0, 0.05) is 20.1 Å². The second-order valence-corrected chi connectivity index (χ2v) is 9.73. The van der Waals surface area contributed by atoms with Crippen LogP contribution in [0.5, 0.6) is 23.0 Å². The van der Waals surface area contributed by atoms with Crippen molar-refractivity contribution < 1.29 is 47.1 Å². The van der Waals surface area contributed by atoms with Crippen LogP contribution in [0.1, 0.15) is 31.8 Å². The molecule has 4 aromatic carbocycles. The van der Waals surface area contributed by atoms with Crippen LogP contribution in [0.2, 0.25) is 20.1 Å². The zero-order valence-corrected chi connectivity index (χ0v) is 25.5. The number of amides is 2. The predicted octanol–water partition coefficient (Wildman–Crippen LogP) is 5.07. The summed E-state index contributed by atoms with van der Waals surface area (Å²) in [6, 6.07) is 17.4. The zero-order valence-electron chi connectivity index (χ0n) is 21.4. The van der Waals surface area contributed by atoms with E-state index in [1.54, 1.807) is 24.3 Å². The van der Waals surface area contributed by atoms with Crippen molar-refractivity contribution in [2.45, 2.75) is 0 Å². The second kappa shape index (κ2) is 16.6. The number of carbonyl (C=O) groups excluding carboxylic acids is 2. The zero-order chi connectivity index (χ0) is 30.8. The van der Waals surface area contributed by atoms with Gasteiger partial charge in [0.25, 0.3) is 11.8 Å². The molecule has 0 aliphatic heterocycles. The van der Waals surface area contributed by atoms with E-state index in [9.17, 15) is 30.0 Å². The van der Waals surface area contributed by atoms with Crippen molar-refractivity contribution in [3.05, 3.63) is 115 Å². The summed E-state index contributed by atoms with van der Waals surface area (Å²) in [6.07, 6.45) is 2.27. The molecule has 43 heavy (non-hydrogen) atoms. The van der Waals surface area contributed by atoms with Crippen LogP contribution in [0.15, 0.2) is 83.0 Å². The number of para-hydroxylation sites is 2. The smallest absolute Gasteiger partial charge is 0.871 e. The van der Waals surface area contributed by atoms with Gasteiger partial charge >= 0.3 is 17.1 Å². The molecule has 0 heterocycles. The fourth-order valence-electron chi connectivity index (χ4n) is 3.12. The minimum absolute atomic E-state index is 0. The Balaban J connectivity index is 0.000000293. The van der Waals surface area contributed by atoms with Crippen LogP contribution in [0.4, 0.5) is 0 Å². The van der Waals surface area contributed by atoms with Gasteiger partial charge in [0.15, 0.2) is 0 Å². The number of aromatic hydroxyl groups is 2. The van der Waals surface area contributed by atoms with Gasteiger partial charge in [-0.1, -0.05) is 82.2 Å². The Labute approximate surface area is 275 Å². The SMILES string of the molecule is O=C(NN=Cc1cc(Cl)cc(Cl)c1[O-])c1ccccc1O.O=C(NN=Cc1cc(Cl)cc(Cl)c1[O-])c1ccccc1O.[Fe+3]. The predicted molar refractivity (Wildman–Crippen MR) is 158 cm³/mol. The summed E-state index contributed by atoms with van der Waals surface area (Å²) in [5.74, 6) is -2.43. The monoisotopic (exact) mass is 702 g/mol. The molecule has 15 heteroatoms. The number of hydrogen-bond donors (Lipinski definition) is 4. The van der Waals surface area contributed by atoms with Gasteiger partial charge in [0.2, 0.25) is 0 Å². The first kappa shape index (κ1) is 35.2. The van der Waals surface area contributed by atoms with Gasteiger partial charge in [-0.2, -0.15) is 10.2 Å². The fraction of sp³-hybridized carbons (Fsp3) is 0. The van der Waals surface area contributed by atoms with E-state index in [2.05, 4.69) is 21.1 Å². The summed E-state index contributed by atoms with van der Waals surface area (Å²) in [5, 5.41) is 50.2. The van der Waals surface area contributed by atoms with E-state index in [1.165, 1.54) is 48.5 Å². The van der Waals surface area contributed by atoms with Crippen molar-refractivity contribution in [1.29, 1.82) is 0 Å². The van der Waals surface area contributed by atoms with E-state index < -0.39 is 23.3 Å². The number of nitrogens with zero attached hydrogens (tertiary/aromatic N) is 2. The molecule has 4 N–H and O–H groups in total. The molecular weight excluding hydrogens is 686 g/mol. The van der Waals surface area contributed by atoms with Crippen LogP contribution < -0.4 is 21.1 Å². The average molecular weight is 704 g/mol. The van der Waals surface area contributed by atoms with Crippen molar-refractivity contribution in [2.24, 2.45) is 10.2 Å². The molecule has 0 atom stereocenters. The van der Waals surface area contributed by atoms with Crippen LogP contribution in [-0.2, 0) is 17.1 Å². The molecule has 0 aliphatic carbocycles. The second-order valence-electron chi connectivity index (χ2n) is 8.04. The normalized spacial score (nSPS) is 10.5. The Bertz CT molecular complexity index is 1560. The van der Waals surface area contributed by atoms with Crippen molar-refractivity contribution in [2.75, 3.05) is 0 Å². The van der Waals surface area contributed by atoms with E-state index in [0.29, 0.717) is 0 Å². The van der Waals surface area contributed by atoms with Gasteiger partial charge < -0.3 is 20.4 Å². The van der Waals surface area contributed by atoms with Crippen molar-refractivity contribution in [3.63, 3.8) is 0 Å². The van der Waals surface area contributed by atoms with Gasteiger partial charge in [-0.05, 0) is 59.7 Å². The van der Waals surface area contributed by atoms with Crippen LogP contribution in [0.3, 0.4) is 0 Å². The molecule has 0 fully saturated rings. The Hall–Kier alpha value is -3.96. The molecule has 0 aliphatic rings. The quantitative estimate of drug-likeness (QED) is 0.124.